The van der Waals surface area contributed by atoms with E-state index in [1.54, 1.807) is 0 Å². The molecule has 5 aliphatic carbocycles. The van der Waals surface area contributed by atoms with Gasteiger partial charge in [0, 0.05) is 12.1 Å². The van der Waals surface area contributed by atoms with Crippen LogP contribution >= 0.6 is 0 Å². The lowest BCUT2D eigenvalue weighted by Gasteiger charge is -2.63. The third-order valence-electron chi connectivity index (χ3n) is 13.6. The Morgan fingerprint density at radius 2 is 1.43 bits per heavy atom. The largest absolute Gasteiger partial charge is 0.316 e. The second kappa shape index (κ2) is 6.28. The molecule has 0 heterocycles. The molecule has 0 bridgehead atoms. The fourth-order valence-corrected chi connectivity index (χ4v) is 11.8. The molecular weight excluding hydrogens is 364 g/mol. The first-order valence-corrected chi connectivity index (χ1v) is 13.3. The molecule has 0 saturated heterocycles. The van der Waals surface area contributed by atoms with Crippen LogP contribution in [0.2, 0.25) is 0 Å². The van der Waals surface area contributed by atoms with Gasteiger partial charge in [-0.25, -0.2) is 0 Å². The molecule has 5 rings (SSSR count). The quantitative estimate of drug-likeness (QED) is 0.590. The van der Waals surface area contributed by atoms with Gasteiger partial charge in [0.05, 0.1) is 0 Å². The Kier molecular flexibility index (Phi) is 4.55. The lowest BCUT2D eigenvalue weighted by atomic mass is 9.42. The third kappa shape index (κ3) is 2.11. The molecule has 10 atom stereocenters. The molecule has 0 aromatic heterocycles. The first kappa shape index (κ1) is 21.7. The van der Waals surface area contributed by atoms with Gasteiger partial charge in [0.15, 0.2) is 0 Å². The third-order valence-corrected chi connectivity index (χ3v) is 13.6. The molecule has 0 aromatic carbocycles. The normalized spacial score (nSPS) is 57.2. The van der Waals surface area contributed by atoms with Gasteiger partial charge in [-0.3, -0.25) is 0 Å². The van der Waals surface area contributed by atoms with Crippen LogP contribution in [0.25, 0.3) is 0 Å². The average molecular weight is 415 g/mol. The van der Waals surface area contributed by atoms with Gasteiger partial charge in [-0.1, -0.05) is 34.6 Å². The Morgan fingerprint density at radius 3 is 2.07 bits per heavy atom. The second-order valence-corrected chi connectivity index (χ2v) is 13.9. The smallest absolute Gasteiger partial charge is 0.0118 e. The van der Waals surface area contributed by atoms with Gasteiger partial charge in [0.1, 0.15) is 0 Å². The van der Waals surface area contributed by atoms with Gasteiger partial charge < -0.3 is 10.2 Å². The van der Waals surface area contributed by atoms with E-state index in [-0.39, 0.29) is 0 Å². The minimum absolute atomic E-state index is 0.440. The van der Waals surface area contributed by atoms with E-state index in [4.69, 9.17) is 0 Å². The summed E-state index contributed by atoms with van der Waals surface area (Å²) in [5, 5.41) is 3.72. The minimum atomic E-state index is 0.440. The van der Waals surface area contributed by atoms with Crippen molar-refractivity contribution >= 4 is 0 Å². The molecule has 0 aromatic rings. The summed E-state index contributed by atoms with van der Waals surface area (Å²) >= 11 is 0. The van der Waals surface area contributed by atoms with E-state index in [1.165, 1.54) is 51.4 Å². The first-order chi connectivity index (χ1) is 13.9. The van der Waals surface area contributed by atoms with Crippen molar-refractivity contribution in [2.24, 2.45) is 50.7 Å². The monoisotopic (exact) mass is 414 g/mol. The van der Waals surface area contributed by atoms with Crippen molar-refractivity contribution in [2.75, 3.05) is 21.1 Å². The Balaban J connectivity index is 1.53. The predicted molar refractivity (Wildman–Crippen MR) is 127 cm³/mol. The van der Waals surface area contributed by atoms with E-state index in [1.807, 2.05) is 0 Å². The first-order valence-electron chi connectivity index (χ1n) is 13.3. The van der Waals surface area contributed by atoms with Crippen molar-refractivity contribution in [2.45, 2.75) is 105 Å². The molecule has 2 spiro atoms. The minimum Gasteiger partial charge on any atom is -0.316 e. The van der Waals surface area contributed by atoms with Crippen LogP contribution in [0.4, 0.5) is 0 Å². The Hall–Kier alpha value is -0.0800. The predicted octanol–water partition coefficient (Wildman–Crippen LogP) is 6.21. The van der Waals surface area contributed by atoms with Crippen LogP contribution in [-0.2, 0) is 0 Å². The van der Waals surface area contributed by atoms with E-state index >= 15 is 0 Å². The summed E-state index contributed by atoms with van der Waals surface area (Å²) in [5.41, 5.74) is 2.83. The van der Waals surface area contributed by atoms with Crippen LogP contribution in [0, 0.1) is 50.7 Å². The Labute approximate surface area is 187 Å². The van der Waals surface area contributed by atoms with Crippen LogP contribution in [0.3, 0.4) is 0 Å². The van der Waals surface area contributed by atoms with Gasteiger partial charge in [0.2, 0.25) is 0 Å². The molecule has 5 fully saturated rings. The molecule has 2 nitrogen and oxygen atoms in total. The van der Waals surface area contributed by atoms with Crippen LogP contribution < -0.4 is 5.32 Å². The second-order valence-electron chi connectivity index (χ2n) is 13.9. The number of fused-ring (bicyclic) bond motifs is 2. The van der Waals surface area contributed by atoms with Gasteiger partial charge in [0.25, 0.3) is 0 Å². The SMILES string of the molecule is CN[C@H]1CCC23C(C)C24CC[C@]2(C)[C@@H]([C@H](C)N(C)C)CC[C@@]2(C)[C@@H]4CC[C@H]3C1(C)C. The van der Waals surface area contributed by atoms with Crippen LogP contribution in [0.5, 0.6) is 0 Å². The van der Waals surface area contributed by atoms with Crippen molar-refractivity contribution in [3.8, 4) is 0 Å². The molecule has 2 heteroatoms. The Morgan fingerprint density at radius 1 is 0.800 bits per heavy atom. The molecule has 5 saturated carbocycles. The highest BCUT2D eigenvalue weighted by molar-refractivity contribution is 5.33. The number of rotatable bonds is 3. The molecule has 0 radical (unpaired) electrons. The molecule has 0 aliphatic heterocycles. The molecule has 3 unspecified atom stereocenters. The number of nitrogens with one attached hydrogen (secondary N) is 1. The van der Waals surface area contributed by atoms with E-state index in [0.717, 1.165) is 23.7 Å². The van der Waals surface area contributed by atoms with Crippen molar-refractivity contribution in [1.82, 2.24) is 10.2 Å². The maximum Gasteiger partial charge on any atom is 0.0118 e. The molecule has 1 N–H and O–H groups in total. The molecule has 0 amide bonds. The molecular formula is C28H50N2. The van der Waals surface area contributed by atoms with Crippen molar-refractivity contribution < 1.29 is 0 Å². The highest BCUT2D eigenvalue weighted by atomic mass is 15.1. The van der Waals surface area contributed by atoms with Crippen molar-refractivity contribution in [3.63, 3.8) is 0 Å². The maximum absolute atomic E-state index is 3.72. The van der Waals surface area contributed by atoms with Gasteiger partial charge in [-0.05, 0) is 130 Å². The summed E-state index contributed by atoms with van der Waals surface area (Å²) in [6.45, 7) is 15.9. The van der Waals surface area contributed by atoms with Crippen molar-refractivity contribution in [1.29, 1.82) is 0 Å². The number of nitrogens with zero attached hydrogens (tertiary/aromatic N) is 1. The van der Waals surface area contributed by atoms with Crippen LogP contribution in [0.1, 0.15) is 92.9 Å². The van der Waals surface area contributed by atoms with Crippen LogP contribution in [0.15, 0.2) is 0 Å². The maximum atomic E-state index is 3.72. The zero-order chi connectivity index (χ0) is 21.9. The summed E-state index contributed by atoms with van der Waals surface area (Å²) in [5.74, 6) is 3.71. The van der Waals surface area contributed by atoms with Crippen molar-refractivity contribution in [3.05, 3.63) is 0 Å². The van der Waals surface area contributed by atoms with E-state index < -0.39 is 0 Å². The highest BCUT2D eigenvalue weighted by Crippen LogP contribution is 2.91. The molecule has 30 heavy (non-hydrogen) atoms. The standard InChI is InChI=1S/C28H50N2/c1-18(30(8)9)20-12-14-26(6)22-11-10-21-24(3,4)23(29-7)13-15-27(21)19(2)28(22,27)17-16-25(20,26)5/h18-23,29H,10-17H2,1-9H3/t18-,19?,20+,21-,22-,23-,25+,26-,27?,28?/m0/s1. The lowest BCUT2D eigenvalue weighted by molar-refractivity contribution is -0.146. The fourth-order valence-electron chi connectivity index (χ4n) is 11.8. The highest BCUT2D eigenvalue weighted by Gasteiger charge is 2.85. The van der Waals surface area contributed by atoms with Gasteiger partial charge in [-0.2, -0.15) is 0 Å². The fraction of sp³-hybridized carbons (Fsp3) is 1.00. The zero-order valence-electron chi connectivity index (χ0n) is 21.6. The summed E-state index contributed by atoms with van der Waals surface area (Å²) in [6.07, 6.45) is 11.8. The van der Waals surface area contributed by atoms with Crippen LogP contribution in [-0.4, -0.2) is 38.1 Å². The average Bonchev–Trinajstić information content (AvgIpc) is 3.08. The number of hydrogen-bond acceptors (Lipinski definition) is 2. The van der Waals surface area contributed by atoms with E-state index in [0.29, 0.717) is 39.2 Å². The topological polar surface area (TPSA) is 15.3 Å². The van der Waals surface area contributed by atoms with E-state index in [9.17, 15) is 0 Å². The van der Waals surface area contributed by atoms with Gasteiger partial charge >= 0.3 is 0 Å². The Bertz CT molecular complexity index is 713. The summed E-state index contributed by atoms with van der Waals surface area (Å²) in [4.78, 5) is 2.51. The molecule has 5 aliphatic rings. The molecule has 172 valence electrons. The summed E-state index contributed by atoms with van der Waals surface area (Å²) < 4.78 is 0. The summed E-state index contributed by atoms with van der Waals surface area (Å²) in [7, 11) is 6.82. The summed E-state index contributed by atoms with van der Waals surface area (Å²) in [6, 6.07) is 1.41. The van der Waals surface area contributed by atoms with E-state index in [2.05, 4.69) is 72.9 Å². The number of hydrogen-bond donors (Lipinski definition) is 1. The lowest BCUT2D eigenvalue weighted by Crippen LogP contribution is -2.59. The zero-order valence-corrected chi connectivity index (χ0v) is 21.6. The van der Waals surface area contributed by atoms with Gasteiger partial charge in [-0.15, -0.1) is 0 Å².